The van der Waals surface area contributed by atoms with Gasteiger partial charge in [-0.3, -0.25) is 4.79 Å². The van der Waals surface area contributed by atoms with Crippen LogP contribution in [0, 0.1) is 0 Å². The number of hydrogen-bond acceptors (Lipinski definition) is 3. The second-order valence-corrected chi connectivity index (χ2v) is 5.24. The maximum atomic E-state index is 12.2. The fourth-order valence-corrected chi connectivity index (χ4v) is 2.51. The van der Waals surface area contributed by atoms with Crippen molar-refractivity contribution < 1.29 is 14.3 Å². The lowest BCUT2D eigenvalue weighted by atomic mass is 10.1. The molecule has 0 radical (unpaired) electrons. The third kappa shape index (κ3) is 3.66. The van der Waals surface area contributed by atoms with Crippen LogP contribution >= 0.6 is 0 Å². The summed E-state index contributed by atoms with van der Waals surface area (Å²) in [6, 6.07) is 21.1. The van der Waals surface area contributed by atoms with E-state index in [0.29, 0.717) is 18.1 Å². The highest BCUT2D eigenvalue weighted by atomic mass is 16.5. The number of carbonyl (C=O) groups excluding carboxylic acids is 1. The van der Waals surface area contributed by atoms with Crippen molar-refractivity contribution in [2.45, 2.75) is 6.92 Å². The first kappa shape index (κ1) is 15.9. The predicted octanol–water partition coefficient (Wildman–Crippen LogP) is 4.26. The van der Waals surface area contributed by atoms with Crippen LogP contribution in [-0.4, -0.2) is 19.1 Å². The van der Waals surface area contributed by atoms with Crippen LogP contribution in [0.2, 0.25) is 0 Å². The van der Waals surface area contributed by atoms with E-state index >= 15 is 0 Å². The molecule has 0 heterocycles. The Labute approximate surface area is 141 Å². The van der Waals surface area contributed by atoms with Gasteiger partial charge in [0.15, 0.2) is 18.1 Å². The summed E-state index contributed by atoms with van der Waals surface area (Å²) in [6.07, 6.45) is 0. The van der Waals surface area contributed by atoms with Crippen LogP contribution in [0.15, 0.2) is 66.7 Å². The van der Waals surface area contributed by atoms with Gasteiger partial charge in [0.1, 0.15) is 0 Å². The lowest BCUT2D eigenvalue weighted by Crippen LogP contribution is -2.20. The molecular weight excluding hydrogens is 302 g/mol. The number of anilines is 1. The highest BCUT2D eigenvalue weighted by molar-refractivity contribution is 6.02. The van der Waals surface area contributed by atoms with Gasteiger partial charge in [0.05, 0.1) is 6.61 Å². The van der Waals surface area contributed by atoms with Crippen LogP contribution in [0.25, 0.3) is 10.8 Å². The van der Waals surface area contributed by atoms with E-state index in [-0.39, 0.29) is 12.5 Å². The van der Waals surface area contributed by atoms with Crippen LogP contribution in [0.3, 0.4) is 0 Å². The topological polar surface area (TPSA) is 47.6 Å². The van der Waals surface area contributed by atoms with Crippen molar-refractivity contribution in [3.05, 3.63) is 66.7 Å². The van der Waals surface area contributed by atoms with Crippen LogP contribution in [0.5, 0.6) is 11.5 Å². The second kappa shape index (κ2) is 7.51. The molecule has 0 saturated heterocycles. The minimum Gasteiger partial charge on any atom is -0.490 e. The van der Waals surface area contributed by atoms with E-state index in [2.05, 4.69) is 5.32 Å². The third-order valence-electron chi connectivity index (χ3n) is 3.57. The quantitative estimate of drug-likeness (QED) is 0.738. The molecule has 0 aliphatic carbocycles. The number of para-hydroxylation sites is 2. The van der Waals surface area contributed by atoms with Gasteiger partial charge in [-0.05, 0) is 30.5 Å². The number of ether oxygens (including phenoxy) is 2. The van der Waals surface area contributed by atoms with E-state index in [4.69, 9.17) is 9.47 Å². The Morgan fingerprint density at radius 1 is 0.875 bits per heavy atom. The number of amides is 1. The van der Waals surface area contributed by atoms with Crippen molar-refractivity contribution in [2.75, 3.05) is 18.5 Å². The third-order valence-corrected chi connectivity index (χ3v) is 3.57. The maximum Gasteiger partial charge on any atom is 0.262 e. The number of benzene rings is 3. The summed E-state index contributed by atoms with van der Waals surface area (Å²) in [5, 5.41) is 4.99. The highest BCUT2D eigenvalue weighted by Gasteiger charge is 2.09. The molecule has 0 spiro atoms. The molecule has 122 valence electrons. The molecule has 4 heteroatoms. The van der Waals surface area contributed by atoms with Gasteiger partial charge in [-0.2, -0.15) is 0 Å². The van der Waals surface area contributed by atoms with Gasteiger partial charge in [0.25, 0.3) is 5.91 Å². The molecule has 1 N–H and O–H groups in total. The van der Waals surface area contributed by atoms with Crippen LogP contribution in [0.4, 0.5) is 5.69 Å². The summed E-state index contributed by atoms with van der Waals surface area (Å²) in [6.45, 7) is 2.37. The number of carbonyl (C=O) groups is 1. The molecule has 0 fully saturated rings. The lowest BCUT2D eigenvalue weighted by Gasteiger charge is -2.12. The average molecular weight is 321 g/mol. The van der Waals surface area contributed by atoms with E-state index in [1.807, 2.05) is 67.6 Å². The first-order chi connectivity index (χ1) is 11.8. The van der Waals surface area contributed by atoms with E-state index in [1.54, 1.807) is 6.07 Å². The summed E-state index contributed by atoms with van der Waals surface area (Å²) in [7, 11) is 0. The van der Waals surface area contributed by atoms with Gasteiger partial charge in [0.2, 0.25) is 0 Å². The minimum atomic E-state index is -0.211. The molecule has 0 unspecified atom stereocenters. The number of fused-ring (bicyclic) bond motifs is 1. The van der Waals surface area contributed by atoms with Crippen LogP contribution in [0.1, 0.15) is 6.92 Å². The molecule has 0 aromatic heterocycles. The SMILES string of the molecule is CCOc1ccccc1OCC(=O)Nc1cccc2ccccc12. The molecule has 0 aliphatic heterocycles. The van der Waals surface area contributed by atoms with E-state index in [1.165, 1.54) is 0 Å². The molecule has 3 aromatic carbocycles. The Morgan fingerprint density at radius 2 is 1.54 bits per heavy atom. The van der Waals surface area contributed by atoms with E-state index in [9.17, 15) is 4.79 Å². The Morgan fingerprint density at radius 3 is 2.33 bits per heavy atom. The molecule has 0 atom stereocenters. The summed E-state index contributed by atoms with van der Waals surface area (Å²) in [5.74, 6) is 0.989. The molecule has 0 aliphatic rings. The normalized spacial score (nSPS) is 10.4. The first-order valence-corrected chi connectivity index (χ1v) is 7.90. The summed E-state index contributed by atoms with van der Waals surface area (Å²) in [4.78, 5) is 12.2. The van der Waals surface area contributed by atoms with Gasteiger partial charge >= 0.3 is 0 Å². The average Bonchev–Trinajstić information content (AvgIpc) is 2.62. The monoisotopic (exact) mass is 321 g/mol. The highest BCUT2D eigenvalue weighted by Crippen LogP contribution is 2.26. The van der Waals surface area contributed by atoms with Crippen LogP contribution in [-0.2, 0) is 4.79 Å². The molecule has 3 aromatic rings. The van der Waals surface area contributed by atoms with Crippen molar-refractivity contribution in [3.8, 4) is 11.5 Å². The summed E-state index contributed by atoms with van der Waals surface area (Å²) >= 11 is 0. The Balaban J connectivity index is 1.68. The van der Waals surface area contributed by atoms with Crippen molar-refractivity contribution in [1.29, 1.82) is 0 Å². The van der Waals surface area contributed by atoms with Crippen LogP contribution < -0.4 is 14.8 Å². The van der Waals surface area contributed by atoms with Crippen molar-refractivity contribution >= 4 is 22.4 Å². The molecule has 4 nitrogen and oxygen atoms in total. The first-order valence-electron chi connectivity index (χ1n) is 7.90. The van der Waals surface area contributed by atoms with Gasteiger partial charge < -0.3 is 14.8 Å². The number of hydrogen-bond donors (Lipinski definition) is 1. The van der Waals surface area contributed by atoms with E-state index < -0.39 is 0 Å². The predicted molar refractivity (Wildman–Crippen MR) is 95.7 cm³/mol. The molecule has 24 heavy (non-hydrogen) atoms. The molecule has 0 saturated carbocycles. The van der Waals surface area contributed by atoms with E-state index in [0.717, 1.165) is 16.5 Å². The van der Waals surface area contributed by atoms with Crippen molar-refractivity contribution in [2.24, 2.45) is 0 Å². The number of rotatable bonds is 6. The minimum absolute atomic E-state index is 0.0761. The standard InChI is InChI=1S/C20H19NO3/c1-2-23-18-12-5-6-13-19(18)24-14-20(22)21-17-11-7-9-15-8-3-4-10-16(15)17/h3-13H,2,14H2,1H3,(H,21,22). The Hall–Kier alpha value is -3.01. The lowest BCUT2D eigenvalue weighted by molar-refractivity contribution is -0.118. The zero-order valence-electron chi connectivity index (χ0n) is 13.5. The zero-order chi connectivity index (χ0) is 16.8. The van der Waals surface area contributed by atoms with Gasteiger partial charge in [-0.1, -0.05) is 48.5 Å². The largest absolute Gasteiger partial charge is 0.490 e. The Bertz CT molecular complexity index is 840. The fraction of sp³-hybridized carbons (Fsp3) is 0.150. The summed E-state index contributed by atoms with van der Waals surface area (Å²) in [5.41, 5.74) is 0.778. The van der Waals surface area contributed by atoms with Gasteiger partial charge in [-0.15, -0.1) is 0 Å². The zero-order valence-corrected chi connectivity index (χ0v) is 13.5. The van der Waals surface area contributed by atoms with Gasteiger partial charge in [-0.25, -0.2) is 0 Å². The number of nitrogens with one attached hydrogen (secondary N) is 1. The molecule has 0 bridgehead atoms. The van der Waals surface area contributed by atoms with Gasteiger partial charge in [0, 0.05) is 11.1 Å². The molecule has 3 rings (SSSR count). The smallest absolute Gasteiger partial charge is 0.262 e. The second-order valence-electron chi connectivity index (χ2n) is 5.24. The van der Waals surface area contributed by atoms with Crippen molar-refractivity contribution in [1.82, 2.24) is 0 Å². The molecular formula is C20H19NO3. The Kier molecular flexibility index (Phi) is 4.96. The summed E-state index contributed by atoms with van der Waals surface area (Å²) < 4.78 is 11.1. The maximum absolute atomic E-state index is 12.2. The van der Waals surface area contributed by atoms with Crippen molar-refractivity contribution in [3.63, 3.8) is 0 Å². The fourth-order valence-electron chi connectivity index (χ4n) is 2.51. The molecule has 1 amide bonds.